The van der Waals surface area contributed by atoms with Gasteiger partial charge in [-0.25, -0.2) is 0 Å². The van der Waals surface area contributed by atoms with Crippen LogP contribution in [0.5, 0.6) is 0 Å². The van der Waals surface area contributed by atoms with Crippen LogP contribution in [0, 0.1) is 5.41 Å². The average Bonchev–Trinajstić information content (AvgIpc) is 3.24. The second-order valence-corrected chi connectivity index (χ2v) is 10.1. The largest absolute Gasteiger partial charge is 0.465 e. The van der Waals surface area contributed by atoms with Crippen LogP contribution in [0.15, 0.2) is 24.3 Å². The van der Waals surface area contributed by atoms with Crippen LogP contribution in [-0.4, -0.2) is 70.4 Å². The number of piperidine rings is 2. The molecule has 2 aliphatic heterocycles. The first-order valence-corrected chi connectivity index (χ1v) is 13.6. The van der Waals surface area contributed by atoms with Gasteiger partial charge in [-0.2, -0.15) is 0 Å². The number of aryl methyl sites for hydroxylation is 2. The molecule has 0 radical (unpaired) electrons. The fraction of sp³-hybridized carbons (Fsp3) is 0.607. The van der Waals surface area contributed by atoms with E-state index in [2.05, 4.69) is 22.5 Å². The number of nitrogens with one attached hydrogen (secondary N) is 1. The van der Waals surface area contributed by atoms with E-state index < -0.39 is 0 Å². The van der Waals surface area contributed by atoms with E-state index in [9.17, 15) is 9.59 Å². The highest BCUT2D eigenvalue weighted by molar-refractivity contribution is 5.98. The molecule has 2 aliphatic rings. The highest BCUT2D eigenvalue weighted by atomic mass is 16.5. The summed E-state index contributed by atoms with van der Waals surface area (Å²) in [5.74, 6) is 0.0249. The number of likely N-dealkylation sites (tertiary alicyclic amines) is 2. The van der Waals surface area contributed by atoms with Crippen molar-refractivity contribution in [1.82, 2.24) is 14.4 Å². The van der Waals surface area contributed by atoms with E-state index in [1.807, 2.05) is 30.0 Å². The van der Waals surface area contributed by atoms with E-state index in [-0.39, 0.29) is 36.3 Å². The first-order chi connectivity index (χ1) is 17.4. The number of amidine groups is 1. The lowest BCUT2D eigenvalue weighted by Gasteiger charge is -2.42. The molecule has 2 atom stereocenters. The van der Waals surface area contributed by atoms with Crippen molar-refractivity contribution in [1.29, 1.82) is 5.41 Å². The number of esters is 1. The lowest BCUT2D eigenvalue weighted by Crippen LogP contribution is -2.55. The zero-order chi connectivity index (χ0) is 25.7. The summed E-state index contributed by atoms with van der Waals surface area (Å²) in [4.78, 5) is 30.1. The van der Waals surface area contributed by atoms with Crippen LogP contribution in [-0.2, 0) is 27.3 Å². The van der Waals surface area contributed by atoms with Crippen LogP contribution >= 0.6 is 0 Å². The average molecular weight is 496 g/mol. The molecular weight excluding hydrogens is 454 g/mol. The number of aromatic nitrogens is 1. The van der Waals surface area contributed by atoms with Gasteiger partial charge in [-0.15, -0.1) is 0 Å². The summed E-state index contributed by atoms with van der Waals surface area (Å²) in [5, 5.41) is 8.94. The van der Waals surface area contributed by atoms with Crippen LogP contribution in [0.2, 0.25) is 0 Å². The van der Waals surface area contributed by atoms with Crippen molar-refractivity contribution in [2.24, 2.45) is 5.73 Å². The SMILES string of the molecule is CCOC(=O)CN1CCCCC1C(=O)N1CCCC[C@H]1CCc1cc2ccc(C(=N)N)cc2n1CC. The first-order valence-electron chi connectivity index (χ1n) is 13.6. The zero-order valence-corrected chi connectivity index (χ0v) is 21.8. The molecule has 2 aromatic rings. The van der Waals surface area contributed by atoms with Crippen molar-refractivity contribution in [2.45, 2.75) is 83.8 Å². The van der Waals surface area contributed by atoms with Crippen molar-refractivity contribution in [3.8, 4) is 0 Å². The lowest BCUT2D eigenvalue weighted by atomic mass is 9.94. The minimum absolute atomic E-state index is 0.0818. The van der Waals surface area contributed by atoms with Gasteiger partial charge in [0.05, 0.1) is 19.2 Å². The quantitative estimate of drug-likeness (QED) is 0.314. The summed E-state index contributed by atoms with van der Waals surface area (Å²) in [6.45, 7) is 6.93. The monoisotopic (exact) mass is 495 g/mol. The molecule has 3 N–H and O–H groups in total. The number of hydrogen-bond donors (Lipinski definition) is 2. The summed E-state index contributed by atoms with van der Waals surface area (Å²) in [5.41, 5.74) is 8.83. The van der Waals surface area contributed by atoms with Crippen LogP contribution in [0.1, 0.15) is 70.1 Å². The Labute approximate surface area is 214 Å². The third kappa shape index (κ3) is 5.75. The molecule has 0 bridgehead atoms. The Kier molecular flexibility index (Phi) is 8.67. The number of nitrogen functional groups attached to an aromatic ring is 1. The van der Waals surface area contributed by atoms with E-state index >= 15 is 0 Å². The molecule has 2 fully saturated rings. The van der Waals surface area contributed by atoms with Gasteiger partial charge in [0.1, 0.15) is 5.84 Å². The molecular formula is C28H41N5O3. The third-order valence-corrected chi connectivity index (χ3v) is 7.80. The molecule has 3 heterocycles. The minimum Gasteiger partial charge on any atom is -0.465 e. The van der Waals surface area contributed by atoms with Gasteiger partial charge in [-0.3, -0.25) is 19.9 Å². The number of carbonyl (C=O) groups is 2. The van der Waals surface area contributed by atoms with Gasteiger partial charge in [-0.05, 0) is 82.9 Å². The Morgan fingerprint density at radius 2 is 1.86 bits per heavy atom. The Balaban J connectivity index is 1.48. The maximum atomic E-state index is 13.8. The second kappa shape index (κ2) is 11.9. The van der Waals surface area contributed by atoms with Crippen molar-refractivity contribution < 1.29 is 14.3 Å². The number of carbonyl (C=O) groups excluding carboxylic acids is 2. The standard InChI is InChI=1S/C28H41N5O3/c1-3-32-23(17-20-11-12-21(27(29)30)18-25(20)32)14-13-22-9-5-8-16-33(22)28(35)24-10-6-7-15-31(24)19-26(34)36-4-2/h11-12,17-18,22,24H,3-10,13-16,19H2,1-2H3,(H3,29,30)/t22-,24?/m0/s1. The molecule has 36 heavy (non-hydrogen) atoms. The number of rotatable bonds is 9. The van der Waals surface area contributed by atoms with E-state index in [1.165, 1.54) is 5.69 Å². The zero-order valence-electron chi connectivity index (χ0n) is 21.8. The molecule has 1 unspecified atom stereocenters. The molecule has 1 aromatic heterocycles. The molecule has 2 saturated heterocycles. The Hall–Kier alpha value is -2.87. The number of nitrogens with two attached hydrogens (primary N) is 1. The van der Waals surface area contributed by atoms with Gasteiger partial charge < -0.3 is 19.9 Å². The van der Waals surface area contributed by atoms with Gasteiger partial charge in [-0.1, -0.05) is 18.6 Å². The molecule has 1 amide bonds. The lowest BCUT2D eigenvalue weighted by molar-refractivity contribution is -0.149. The number of fused-ring (bicyclic) bond motifs is 1. The maximum Gasteiger partial charge on any atom is 0.320 e. The summed E-state index contributed by atoms with van der Waals surface area (Å²) < 4.78 is 7.47. The van der Waals surface area contributed by atoms with Gasteiger partial charge >= 0.3 is 5.97 Å². The Bertz CT molecular complexity index is 1090. The first kappa shape index (κ1) is 26.2. The molecule has 0 aliphatic carbocycles. The van der Waals surface area contributed by atoms with Crippen LogP contribution in [0.25, 0.3) is 10.9 Å². The molecule has 0 saturated carbocycles. The highest BCUT2D eigenvalue weighted by Crippen LogP contribution is 2.28. The van der Waals surface area contributed by atoms with Crippen molar-refractivity contribution in [3.05, 3.63) is 35.5 Å². The number of hydrogen-bond acceptors (Lipinski definition) is 5. The van der Waals surface area contributed by atoms with Gasteiger partial charge in [0.25, 0.3) is 0 Å². The predicted octanol–water partition coefficient (Wildman–Crippen LogP) is 3.68. The van der Waals surface area contributed by atoms with Crippen LogP contribution in [0.4, 0.5) is 0 Å². The Morgan fingerprint density at radius 1 is 1.08 bits per heavy atom. The molecule has 196 valence electrons. The maximum absolute atomic E-state index is 13.8. The number of nitrogens with zero attached hydrogens (tertiary/aromatic N) is 3. The van der Waals surface area contributed by atoms with Gasteiger partial charge in [0, 0.05) is 35.9 Å². The van der Waals surface area contributed by atoms with Crippen LogP contribution in [0.3, 0.4) is 0 Å². The molecule has 8 heteroatoms. The summed E-state index contributed by atoms with van der Waals surface area (Å²) in [6.07, 6.45) is 7.86. The Morgan fingerprint density at radius 3 is 2.61 bits per heavy atom. The summed E-state index contributed by atoms with van der Waals surface area (Å²) in [7, 11) is 0. The van der Waals surface area contributed by atoms with Crippen molar-refractivity contribution in [2.75, 3.05) is 26.2 Å². The molecule has 8 nitrogen and oxygen atoms in total. The number of benzene rings is 1. The van der Waals surface area contributed by atoms with E-state index in [0.29, 0.717) is 6.61 Å². The van der Waals surface area contributed by atoms with E-state index in [1.54, 1.807) is 0 Å². The van der Waals surface area contributed by atoms with Crippen LogP contribution < -0.4 is 5.73 Å². The summed E-state index contributed by atoms with van der Waals surface area (Å²) >= 11 is 0. The normalized spacial score (nSPS) is 21.0. The number of ether oxygens (including phenoxy) is 1. The molecule has 4 rings (SSSR count). The van der Waals surface area contributed by atoms with E-state index in [4.69, 9.17) is 15.9 Å². The second-order valence-electron chi connectivity index (χ2n) is 10.1. The smallest absolute Gasteiger partial charge is 0.320 e. The third-order valence-electron chi connectivity index (χ3n) is 7.80. The van der Waals surface area contributed by atoms with Crippen molar-refractivity contribution >= 4 is 28.6 Å². The fourth-order valence-corrected chi connectivity index (χ4v) is 5.99. The van der Waals surface area contributed by atoms with Gasteiger partial charge in [0.2, 0.25) is 5.91 Å². The molecule has 0 spiro atoms. The fourth-order valence-electron chi connectivity index (χ4n) is 5.99. The summed E-state index contributed by atoms with van der Waals surface area (Å²) in [6, 6.07) is 8.17. The minimum atomic E-state index is -0.243. The predicted molar refractivity (Wildman–Crippen MR) is 142 cm³/mol. The van der Waals surface area contributed by atoms with Gasteiger partial charge in [0.15, 0.2) is 0 Å². The highest BCUT2D eigenvalue weighted by Gasteiger charge is 2.36. The molecule has 1 aromatic carbocycles. The number of amides is 1. The van der Waals surface area contributed by atoms with Crippen molar-refractivity contribution in [3.63, 3.8) is 0 Å². The topological polar surface area (TPSA) is 105 Å². The van der Waals surface area contributed by atoms with E-state index in [0.717, 1.165) is 87.5 Å².